The van der Waals surface area contributed by atoms with Crippen LogP contribution in [0.5, 0.6) is 5.75 Å². The third kappa shape index (κ3) is 2.85. The molecule has 3 aromatic rings. The van der Waals surface area contributed by atoms with Crippen LogP contribution in [0.4, 0.5) is 13.2 Å². The number of rotatable bonds is 2. The van der Waals surface area contributed by atoms with Gasteiger partial charge < -0.3 is 9.30 Å². The summed E-state index contributed by atoms with van der Waals surface area (Å²) in [5, 5.41) is 0.830. The van der Waals surface area contributed by atoms with Gasteiger partial charge in [0, 0.05) is 24.2 Å². The number of aryl methyl sites for hydroxylation is 1. The van der Waals surface area contributed by atoms with Crippen molar-refractivity contribution < 1.29 is 17.9 Å². The number of fused-ring (bicyclic) bond motifs is 1. The number of alkyl halides is 3. The maximum Gasteiger partial charge on any atom is 0.573 e. The predicted octanol–water partition coefficient (Wildman–Crippen LogP) is 4.19. The molecule has 0 radical (unpaired) electrons. The monoisotopic (exact) mass is 327 g/mol. The molecule has 0 bridgehead atoms. The van der Waals surface area contributed by atoms with Crippen LogP contribution in [0.25, 0.3) is 22.3 Å². The van der Waals surface area contributed by atoms with Crippen molar-refractivity contribution in [3.8, 4) is 17.0 Å². The molecule has 0 atom stereocenters. The number of nitrogens with zero attached hydrogens (tertiary/aromatic N) is 3. The van der Waals surface area contributed by atoms with Crippen LogP contribution in [0.2, 0.25) is 5.28 Å². The van der Waals surface area contributed by atoms with Crippen LogP contribution < -0.4 is 4.74 Å². The molecule has 0 saturated carbocycles. The summed E-state index contributed by atoms with van der Waals surface area (Å²) >= 11 is 5.91. The fourth-order valence-corrected chi connectivity index (χ4v) is 2.31. The van der Waals surface area contributed by atoms with E-state index in [0.29, 0.717) is 16.9 Å². The summed E-state index contributed by atoms with van der Waals surface area (Å²) in [5.74, 6) is -0.291. The van der Waals surface area contributed by atoms with Crippen LogP contribution in [-0.4, -0.2) is 20.9 Å². The Morgan fingerprint density at radius 1 is 1.09 bits per heavy atom. The van der Waals surface area contributed by atoms with Gasteiger partial charge in [0.1, 0.15) is 11.4 Å². The Kier molecular flexibility index (Phi) is 3.44. The number of aromatic nitrogens is 3. The first-order valence-electron chi connectivity index (χ1n) is 6.18. The summed E-state index contributed by atoms with van der Waals surface area (Å²) in [5.41, 5.74) is 1.81. The fourth-order valence-electron chi connectivity index (χ4n) is 2.14. The van der Waals surface area contributed by atoms with Gasteiger partial charge in [0.05, 0.1) is 5.69 Å². The van der Waals surface area contributed by atoms with Crippen LogP contribution >= 0.6 is 11.6 Å². The molecule has 0 N–H and O–H groups in total. The Hall–Kier alpha value is -2.28. The summed E-state index contributed by atoms with van der Waals surface area (Å²) in [6.45, 7) is 0. The van der Waals surface area contributed by atoms with Gasteiger partial charge in [-0.25, -0.2) is 4.98 Å². The topological polar surface area (TPSA) is 39.9 Å². The SMILES string of the molecule is Cn1ccc2c(-c3ccc(OC(F)(F)F)cc3)nc(Cl)nc21. The van der Waals surface area contributed by atoms with Gasteiger partial charge in [-0.1, -0.05) is 0 Å². The van der Waals surface area contributed by atoms with Gasteiger partial charge in [-0.05, 0) is 41.9 Å². The summed E-state index contributed by atoms with van der Waals surface area (Å²) < 4.78 is 42.1. The highest BCUT2D eigenvalue weighted by atomic mass is 35.5. The Bertz CT molecular complexity index is 828. The molecule has 2 aromatic heterocycles. The second-order valence-electron chi connectivity index (χ2n) is 4.58. The zero-order chi connectivity index (χ0) is 15.9. The lowest BCUT2D eigenvalue weighted by atomic mass is 10.1. The summed E-state index contributed by atoms with van der Waals surface area (Å²) in [6.07, 6.45) is -2.91. The molecule has 8 heteroatoms. The molecule has 0 aliphatic rings. The highest BCUT2D eigenvalue weighted by Gasteiger charge is 2.31. The molecule has 2 heterocycles. The van der Waals surface area contributed by atoms with Crippen LogP contribution in [0, 0.1) is 0 Å². The van der Waals surface area contributed by atoms with Crippen molar-refractivity contribution in [2.45, 2.75) is 6.36 Å². The predicted molar refractivity (Wildman–Crippen MR) is 75.6 cm³/mol. The van der Waals surface area contributed by atoms with Crippen molar-refractivity contribution in [1.82, 2.24) is 14.5 Å². The van der Waals surface area contributed by atoms with Crippen molar-refractivity contribution >= 4 is 22.6 Å². The van der Waals surface area contributed by atoms with E-state index in [4.69, 9.17) is 11.6 Å². The maximum atomic E-state index is 12.2. The zero-order valence-electron chi connectivity index (χ0n) is 11.2. The van der Waals surface area contributed by atoms with Gasteiger partial charge in [-0.15, -0.1) is 13.2 Å². The van der Waals surface area contributed by atoms with Gasteiger partial charge >= 0.3 is 6.36 Å². The van der Waals surface area contributed by atoms with Crippen molar-refractivity contribution in [1.29, 1.82) is 0 Å². The van der Waals surface area contributed by atoms with E-state index in [9.17, 15) is 13.2 Å². The van der Waals surface area contributed by atoms with Gasteiger partial charge in [0.15, 0.2) is 0 Å². The molecule has 22 heavy (non-hydrogen) atoms. The van der Waals surface area contributed by atoms with E-state index in [1.165, 1.54) is 24.3 Å². The highest BCUT2D eigenvalue weighted by Crippen LogP contribution is 2.30. The van der Waals surface area contributed by atoms with Gasteiger partial charge in [0.2, 0.25) is 5.28 Å². The van der Waals surface area contributed by atoms with Crippen LogP contribution in [0.15, 0.2) is 36.5 Å². The maximum absolute atomic E-state index is 12.2. The minimum atomic E-state index is -4.72. The highest BCUT2D eigenvalue weighted by molar-refractivity contribution is 6.28. The molecule has 3 rings (SSSR count). The number of hydrogen-bond donors (Lipinski definition) is 0. The second-order valence-corrected chi connectivity index (χ2v) is 4.92. The van der Waals surface area contributed by atoms with Crippen molar-refractivity contribution in [2.75, 3.05) is 0 Å². The molecule has 0 unspecified atom stereocenters. The fraction of sp³-hybridized carbons (Fsp3) is 0.143. The Balaban J connectivity index is 2.04. The molecule has 4 nitrogen and oxygen atoms in total. The molecule has 0 fully saturated rings. The quantitative estimate of drug-likeness (QED) is 0.663. The third-order valence-electron chi connectivity index (χ3n) is 3.06. The van der Waals surface area contributed by atoms with Crippen molar-refractivity contribution in [3.63, 3.8) is 0 Å². The number of halogens is 4. The average molecular weight is 328 g/mol. The van der Waals surface area contributed by atoms with E-state index in [2.05, 4.69) is 14.7 Å². The summed E-state index contributed by atoms with van der Waals surface area (Å²) in [7, 11) is 1.82. The summed E-state index contributed by atoms with van der Waals surface area (Å²) in [4.78, 5) is 8.30. The van der Waals surface area contributed by atoms with Gasteiger partial charge in [0.25, 0.3) is 0 Å². The van der Waals surface area contributed by atoms with E-state index in [0.717, 1.165) is 5.39 Å². The molecule has 0 spiro atoms. The number of ether oxygens (including phenoxy) is 1. The molecular weight excluding hydrogens is 319 g/mol. The Morgan fingerprint density at radius 2 is 1.77 bits per heavy atom. The smallest absolute Gasteiger partial charge is 0.406 e. The minimum Gasteiger partial charge on any atom is -0.406 e. The van der Waals surface area contributed by atoms with E-state index < -0.39 is 6.36 Å². The molecule has 0 saturated heterocycles. The normalized spacial score (nSPS) is 11.9. The van der Waals surface area contributed by atoms with E-state index in [1.807, 2.05) is 13.1 Å². The van der Waals surface area contributed by atoms with Gasteiger partial charge in [-0.3, -0.25) is 0 Å². The van der Waals surface area contributed by atoms with E-state index >= 15 is 0 Å². The molecule has 1 aromatic carbocycles. The Morgan fingerprint density at radius 3 is 2.41 bits per heavy atom. The largest absolute Gasteiger partial charge is 0.573 e. The second kappa shape index (κ2) is 5.17. The first-order chi connectivity index (χ1) is 10.3. The molecule has 0 aliphatic heterocycles. The lowest BCUT2D eigenvalue weighted by molar-refractivity contribution is -0.274. The average Bonchev–Trinajstić information content (AvgIpc) is 2.79. The van der Waals surface area contributed by atoms with Crippen LogP contribution in [-0.2, 0) is 7.05 Å². The summed E-state index contributed by atoms with van der Waals surface area (Å²) in [6, 6.07) is 7.26. The van der Waals surface area contributed by atoms with Gasteiger partial charge in [-0.2, -0.15) is 4.98 Å². The molecule has 0 amide bonds. The first kappa shape index (κ1) is 14.6. The van der Waals surface area contributed by atoms with Crippen LogP contribution in [0.3, 0.4) is 0 Å². The Labute approximate surface area is 128 Å². The van der Waals surface area contributed by atoms with E-state index in [1.54, 1.807) is 10.8 Å². The van der Waals surface area contributed by atoms with E-state index in [-0.39, 0.29) is 11.0 Å². The van der Waals surface area contributed by atoms with Crippen molar-refractivity contribution in [2.24, 2.45) is 7.05 Å². The lowest BCUT2D eigenvalue weighted by Gasteiger charge is -2.09. The molecule has 114 valence electrons. The number of benzene rings is 1. The molecular formula is C14H9ClF3N3O. The first-order valence-corrected chi connectivity index (χ1v) is 6.56. The zero-order valence-corrected chi connectivity index (χ0v) is 12.0. The number of hydrogen-bond acceptors (Lipinski definition) is 3. The van der Waals surface area contributed by atoms with Crippen LogP contribution in [0.1, 0.15) is 0 Å². The minimum absolute atomic E-state index is 0.0694. The van der Waals surface area contributed by atoms with Crippen molar-refractivity contribution in [3.05, 3.63) is 41.8 Å². The standard InChI is InChI=1S/C14H9ClF3N3O/c1-21-7-6-10-11(19-13(15)20-12(10)21)8-2-4-9(5-3-8)22-14(16,17)18/h2-7H,1H3. The lowest BCUT2D eigenvalue weighted by Crippen LogP contribution is -2.16. The molecule has 0 aliphatic carbocycles. The third-order valence-corrected chi connectivity index (χ3v) is 3.23.